The third-order valence-corrected chi connectivity index (χ3v) is 3.19. The summed E-state index contributed by atoms with van der Waals surface area (Å²) in [6.07, 6.45) is -1.22. The normalized spacial score (nSPS) is 15.8. The lowest BCUT2D eigenvalue weighted by Crippen LogP contribution is -2.09. The van der Waals surface area contributed by atoms with Crippen LogP contribution in [0.15, 0.2) is 24.5 Å². The van der Waals surface area contributed by atoms with Gasteiger partial charge in [-0.25, -0.2) is 9.67 Å². The Hall–Kier alpha value is -1.85. The second-order valence-corrected chi connectivity index (χ2v) is 4.85. The number of aromatic nitrogens is 3. The van der Waals surface area contributed by atoms with Gasteiger partial charge in [0.05, 0.1) is 5.69 Å². The second-order valence-electron chi connectivity index (χ2n) is 4.85. The minimum Gasteiger partial charge on any atom is -0.220 e. The Morgan fingerprint density at radius 3 is 2.58 bits per heavy atom. The first-order valence-electron chi connectivity index (χ1n) is 6.05. The fourth-order valence-corrected chi connectivity index (χ4v) is 2.11. The van der Waals surface area contributed by atoms with E-state index in [4.69, 9.17) is 0 Å². The molecular weight excluding hydrogens is 255 g/mol. The molecule has 0 N–H and O–H groups in total. The van der Waals surface area contributed by atoms with Crippen LogP contribution in [0, 0.1) is 6.92 Å². The molecule has 1 saturated carbocycles. The number of aryl methyl sites for hydroxylation is 1. The van der Waals surface area contributed by atoms with E-state index < -0.39 is 12.0 Å². The van der Waals surface area contributed by atoms with Crippen LogP contribution in [0.5, 0.6) is 0 Å². The zero-order chi connectivity index (χ0) is 13.6. The molecule has 0 radical (unpaired) electrons. The van der Waals surface area contributed by atoms with Crippen molar-refractivity contribution in [3.05, 3.63) is 41.5 Å². The van der Waals surface area contributed by atoms with Crippen LogP contribution in [0.4, 0.5) is 13.2 Å². The molecule has 2 aromatic rings. The van der Waals surface area contributed by atoms with Gasteiger partial charge in [0.2, 0.25) is 0 Å². The number of halogens is 3. The number of nitrogens with zero attached hydrogens (tertiary/aromatic N) is 3. The summed E-state index contributed by atoms with van der Waals surface area (Å²) in [7, 11) is 0. The molecule has 1 aromatic heterocycles. The van der Waals surface area contributed by atoms with E-state index in [9.17, 15) is 13.2 Å². The highest BCUT2D eigenvalue weighted by atomic mass is 19.4. The number of hydrogen-bond acceptors (Lipinski definition) is 2. The number of benzene rings is 1. The lowest BCUT2D eigenvalue weighted by molar-refractivity contribution is -0.144. The minimum atomic E-state index is -4.50. The minimum absolute atomic E-state index is 0.438. The molecule has 0 amide bonds. The quantitative estimate of drug-likeness (QED) is 0.834. The highest BCUT2D eigenvalue weighted by Crippen LogP contribution is 2.43. The van der Waals surface area contributed by atoms with Gasteiger partial charge in [-0.15, -0.1) is 5.10 Å². The van der Waals surface area contributed by atoms with Crippen molar-refractivity contribution in [3.8, 4) is 5.69 Å². The Bertz CT molecular complexity index is 612. The predicted molar refractivity (Wildman–Crippen MR) is 63.1 cm³/mol. The molecule has 6 heteroatoms. The van der Waals surface area contributed by atoms with Gasteiger partial charge < -0.3 is 0 Å². The second kappa shape index (κ2) is 4.08. The average Bonchev–Trinajstić information content (AvgIpc) is 3.05. The molecule has 1 aliphatic rings. The van der Waals surface area contributed by atoms with Gasteiger partial charge in [-0.3, -0.25) is 0 Å². The topological polar surface area (TPSA) is 30.7 Å². The molecule has 0 aliphatic heterocycles. The molecule has 1 aromatic carbocycles. The van der Waals surface area contributed by atoms with Crippen molar-refractivity contribution < 1.29 is 13.2 Å². The summed E-state index contributed by atoms with van der Waals surface area (Å²) in [5.74, 6) is -0.664. The monoisotopic (exact) mass is 267 g/mol. The highest BCUT2D eigenvalue weighted by Gasteiger charge is 2.36. The van der Waals surface area contributed by atoms with E-state index in [1.165, 1.54) is 4.68 Å². The molecule has 0 atom stereocenters. The van der Waals surface area contributed by atoms with Gasteiger partial charge in [-0.05, 0) is 37.3 Å². The number of rotatable bonds is 2. The first kappa shape index (κ1) is 12.2. The number of hydrogen-bond donors (Lipinski definition) is 0. The molecular formula is C13H12F3N3. The third-order valence-electron chi connectivity index (χ3n) is 3.19. The van der Waals surface area contributed by atoms with Crippen LogP contribution in [-0.4, -0.2) is 14.8 Å². The molecule has 0 unspecified atom stereocenters. The summed E-state index contributed by atoms with van der Waals surface area (Å²) in [5.41, 5.74) is 2.84. The summed E-state index contributed by atoms with van der Waals surface area (Å²) in [6.45, 7) is 1.97. The van der Waals surface area contributed by atoms with Gasteiger partial charge >= 0.3 is 6.18 Å². The van der Waals surface area contributed by atoms with Crippen molar-refractivity contribution in [3.63, 3.8) is 0 Å². The van der Waals surface area contributed by atoms with E-state index in [-0.39, 0.29) is 0 Å². The molecule has 0 saturated heterocycles. The Morgan fingerprint density at radius 1 is 1.26 bits per heavy atom. The largest absolute Gasteiger partial charge is 0.453 e. The summed E-state index contributed by atoms with van der Waals surface area (Å²) >= 11 is 0. The van der Waals surface area contributed by atoms with Crippen molar-refractivity contribution in [2.75, 3.05) is 0 Å². The van der Waals surface area contributed by atoms with Gasteiger partial charge in [0.1, 0.15) is 6.33 Å². The fraction of sp³-hybridized carbons (Fsp3) is 0.385. The maximum Gasteiger partial charge on any atom is 0.453 e. The van der Waals surface area contributed by atoms with E-state index in [0.29, 0.717) is 11.6 Å². The van der Waals surface area contributed by atoms with Crippen molar-refractivity contribution in [2.45, 2.75) is 31.9 Å². The van der Waals surface area contributed by atoms with Crippen molar-refractivity contribution in [1.29, 1.82) is 0 Å². The highest BCUT2D eigenvalue weighted by molar-refractivity contribution is 5.46. The van der Waals surface area contributed by atoms with E-state index in [1.54, 1.807) is 6.07 Å². The molecule has 3 nitrogen and oxygen atoms in total. The molecule has 3 rings (SSSR count). The Balaban J connectivity index is 2.04. The molecule has 0 bridgehead atoms. The smallest absolute Gasteiger partial charge is 0.220 e. The van der Waals surface area contributed by atoms with E-state index in [1.807, 2.05) is 19.1 Å². The van der Waals surface area contributed by atoms with E-state index >= 15 is 0 Å². The lowest BCUT2D eigenvalue weighted by atomic mass is 10.1. The first-order chi connectivity index (χ1) is 8.95. The van der Waals surface area contributed by atoms with Crippen molar-refractivity contribution >= 4 is 0 Å². The molecule has 100 valence electrons. The maximum atomic E-state index is 12.5. The van der Waals surface area contributed by atoms with Gasteiger partial charge in [0.15, 0.2) is 0 Å². The van der Waals surface area contributed by atoms with E-state index in [2.05, 4.69) is 10.1 Å². The van der Waals surface area contributed by atoms with Crippen LogP contribution in [0.25, 0.3) is 5.69 Å². The van der Waals surface area contributed by atoms with Gasteiger partial charge in [0, 0.05) is 0 Å². The van der Waals surface area contributed by atoms with Crippen LogP contribution in [-0.2, 0) is 6.18 Å². The predicted octanol–water partition coefficient (Wildman–Crippen LogP) is 3.47. The summed E-state index contributed by atoms with van der Waals surface area (Å²) < 4.78 is 38.8. The molecule has 19 heavy (non-hydrogen) atoms. The Kier molecular flexibility index (Phi) is 2.62. The first-order valence-corrected chi connectivity index (χ1v) is 6.05. The third kappa shape index (κ3) is 2.34. The van der Waals surface area contributed by atoms with Crippen LogP contribution in [0.3, 0.4) is 0 Å². The Morgan fingerprint density at radius 2 is 2.00 bits per heavy atom. The van der Waals surface area contributed by atoms with Gasteiger partial charge in [-0.1, -0.05) is 17.7 Å². The molecule has 0 spiro atoms. The summed E-state index contributed by atoms with van der Waals surface area (Å²) in [5, 5.41) is 3.53. The summed E-state index contributed by atoms with van der Waals surface area (Å²) in [6, 6.07) is 5.69. The maximum absolute atomic E-state index is 12.5. The molecule has 1 fully saturated rings. The van der Waals surface area contributed by atoms with Crippen LogP contribution in [0.2, 0.25) is 0 Å². The standard InChI is InChI=1S/C13H12F3N3/c1-8-2-5-11(10(6-8)9-3-4-9)19-7-17-12(18-19)13(14,15)16/h2,5-7,9H,3-4H2,1H3. The summed E-state index contributed by atoms with van der Waals surface area (Å²) in [4.78, 5) is 3.33. The zero-order valence-corrected chi connectivity index (χ0v) is 10.3. The van der Waals surface area contributed by atoms with E-state index in [0.717, 1.165) is 30.3 Å². The van der Waals surface area contributed by atoms with Crippen LogP contribution >= 0.6 is 0 Å². The average molecular weight is 267 g/mol. The molecule has 1 heterocycles. The Labute approximate surface area is 108 Å². The van der Waals surface area contributed by atoms with Crippen molar-refractivity contribution in [2.24, 2.45) is 0 Å². The SMILES string of the molecule is Cc1ccc(-n2cnc(C(F)(F)F)n2)c(C2CC2)c1. The fourth-order valence-electron chi connectivity index (χ4n) is 2.11. The lowest BCUT2D eigenvalue weighted by Gasteiger charge is -2.09. The molecule has 1 aliphatic carbocycles. The number of alkyl halides is 3. The van der Waals surface area contributed by atoms with Gasteiger partial charge in [-0.2, -0.15) is 13.2 Å². The van der Waals surface area contributed by atoms with Crippen molar-refractivity contribution in [1.82, 2.24) is 14.8 Å². The van der Waals surface area contributed by atoms with Crippen LogP contribution in [0.1, 0.15) is 35.7 Å². The zero-order valence-electron chi connectivity index (χ0n) is 10.3. The van der Waals surface area contributed by atoms with Gasteiger partial charge in [0.25, 0.3) is 5.82 Å². The van der Waals surface area contributed by atoms with Crippen LogP contribution < -0.4 is 0 Å².